The maximum atomic E-state index is 12.8. The van der Waals surface area contributed by atoms with Crippen molar-refractivity contribution in [2.24, 2.45) is 0 Å². The van der Waals surface area contributed by atoms with E-state index in [9.17, 15) is 18.0 Å². The van der Waals surface area contributed by atoms with E-state index in [2.05, 4.69) is 9.97 Å². The molecule has 0 aliphatic carbocycles. The molecule has 0 N–H and O–H groups in total. The average molecular weight is 393 g/mol. The van der Waals surface area contributed by atoms with Gasteiger partial charge in [-0.15, -0.1) is 0 Å². The van der Waals surface area contributed by atoms with Gasteiger partial charge in [0.1, 0.15) is 22.8 Å². The molecule has 0 radical (unpaired) electrons. The van der Waals surface area contributed by atoms with E-state index in [4.69, 9.17) is 9.47 Å². The number of alkyl halides is 3. The number of hydrogen-bond donors (Lipinski definition) is 0. The number of methoxy groups -OCH3 is 1. The number of pyridine rings is 2. The lowest BCUT2D eigenvalue weighted by molar-refractivity contribution is -0.141. The Morgan fingerprint density at radius 3 is 2.68 bits per heavy atom. The average Bonchev–Trinajstić information content (AvgIpc) is 3.03. The highest BCUT2D eigenvalue weighted by Gasteiger charge is 2.33. The molecule has 0 aliphatic heterocycles. The maximum absolute atomic E-state index is 12.8. The molecular formula is C19H18F3N3O3. The summed E-state index contributed by atoms with van der Waals surface area (Å²) in [4.78, 5) is 20.4. The number of ether oxygens (including phenoxy) is 2. The van der Waals surface area contributed by atoms with E-state index in [-0.39, 0.29) is 12.1 Å². The summed E-state index contributed by atoms with van der Waals surface area (Å²) in [7, 11) is 1.56. The molecule has 0 saturated heterocycles. The quantitative estimate of drug-likeness (QED) is 0.573. The Morgan fingerprint density at radius 2 is 2.00 bits per heavy atom. The standard InChI is InChI=1S/C19H18F3N3O3/c1-3-28-16-8-18-23-13(11-27-2)10-25(18)9-12(16)7-15(26)14-5-4-6-17(24-14)19(20,21)22/h4-6,8-10H,3,7,11H2,1-2H3. The molecule has 3 aromatic rings. The van der Waals surface area contributed by atoms with Crippen molar-refractivity contribution in [3.8, 4) is 5.75 Å². The van der Waals surface area contributed by atoms with Gasteiger partial charge < -0.3 is 13.9 Å². The number of Topliss-reactive ketones (excluding diaryl/α,β-unsaturated/α-hetero) is 1. The summed E-state index contributed by atoms with van der Waals surface area (Å²) in [6, 6.07) is 4.95. The van der Waals surface area contributed by atoms with Gasteiger partial charge >= 0.3 is 6.18 Å². The number of nitrogens with zero attached hydrogens (tertiary/aromatic N) is 3. The van der Waals surface area contributed by atoms with Crippen LogP contribution in [0.5, 0.6) is 5.75 Å². The van der Waals surface area contributed by atoms with Crippen molar-refractivity contribution >= 4 is 11.4 Å². The third-order valence-corrected chi connectivity index (χ3v) is 3.95. The molecule has 6 nitrogen and oxygen atoms in total. The van der Waals surface area contributed by atoms with Crippen molar-refractivity contribution < 1.29 is 27.4 Å². The van der Waals surface area contributed by atoms with Crippen LogP contribution in [0.4, 0.5) is 13.2 Å². The van der Waals surface area contributed by atoms with E-state index in [0.29, 0.717) is 35.9 Å². The predicted octanol–water partition coefficient (Wildman–Crippen LogP) is 3.72. The van der Waals surface area contributed by atoms with Crippen LogP contribution in [0.25, 0.3) is 5.65 Å². The van der Waals surface area contributed by atoms with Gasteiger partial charge in [-0.1, -0.05) is 6.07 Å². The number of imidazole rings is 1. The lowest BCUT2D eigenvalue weighted by Crippen LogP contribution is -2.13. The Bertz CT molecular complexity index is 999. The SMILES string of the molecule is CCOc1cc2nc(COC)cn2cc1CC(=O)c1cccc(C(F)(F)F)n1. The summed E-state index contributed by atoms with van der Waals surface area (Å²) < 4.78 is 50.9. The van der Waals surface area contributed by atoms with Crippen LogP contribution in [0.2, 0.25) is 0 Å². The Morgan fingerprint density at radius 1 is 1.21 bits per heavy atom. The number of hydrogen-bond acceptors (Lipinski definition) is 5. The predicted molar refractivity (Wildman–Crippen MR) is 94.3 cm³/mol. The van der Waals surface area contributed by atoms with Crippen LogP contribution < -0.4 is 4.74 Å². The van der Waals surface area contributed by atoms with E-state index in [1.54, 1.807) is 36.9 Å². The second-order valence-corrected chi connectivity index (χ2v) is 6.03. The molecule has 0 saturated carbocycles. The van der Waals surface area contributed by atoms with Crippen LogP contribution in [-0.4, -0.2) is 33.9 Å². The second kappa shape index (κ2) is 7.97. The number of aromatic nitrogens is 3. The first-order valence-electron chi connectivity index (χ1n) is 8.51. The van der Waals surface area contributed by atoms with Crippen LogP contribution in [-0.2, 0) is 23.9 Å². The molecule has 28 heavy (non-hydrogen) atoms. The summed E-state index contributed by atoms with van der Waals surface area (Å²) in [6.45, 7) is 2.49. The normalized spacial score (nSPS) is 11.8. The van der Waals surface area contributed by atoms with Gasteiger partial charge in [-0.2, -0.15) is 13.2 Å². The lowest BCUT2D eigenvalue weighted by atomic mass is 10.1. The summed E-state index contributed by atoms with van der Waals surface area (Å²) in [5.74, 6) is -0.0893. The highest BCUT2D eigenvalue weighted by Crippen LogP contribution is 2.28. The van der Waals surface area contributed by atoms with Gasteiger partial charge in [0.25, 0.3) is 0 Å². The zero-order valence-electron chi connectivity index (χ0n) is 15.3. The first kappa shape index (κ1) is 19.8. The van der Waals surface area contributed by atoms with Crippen molar-refractivity contribution in [3.63, 3.8) is 0 Å². The van der Waals surface area contributed by atoms with Crippen molar-refractivity contribution in [3.05, 3.63) is 59.3 Å². The fourth-order valence-electron chi connectivity index (χ4n) is 2.76. The van der Waals surface area contributed by atoms with Gasteiger partial charge in [-0.05, 0) is 19.1 Å². The number of rotatable bonds is 7. The fraction of sp³-hybridized carbons (Fsp3) is 0.316. The first-order chi connectivity index (χ1) is 13.3. The highest BCUT2D eigenvalue weighted by atomic mass is 19.4. The van der Waals surface area contributed by atoms with Crippen molar-refractivity contribution in [1.29, 1.82) is 0 Å². The molecule has 3 heterocycles. The van der Waals surface area contributed by atoms with Gasteiger partial charge in [0, 0.05) is 37.6 Å². The minimum absolute atomic E-state index is 0.155. The molecule has 0 spiro atoms. The molecule has 0 bridgehead atoms. The van der Waals surface area contributed by atoms with Gasteiger partial charge in [0.2, 0.25) is 0 Å². The van der Waals surface area contributed by atoms with Crippen LogP contribution in [0.15, 0.2) is 36.7 Å². The van der Waals surface area contributed by atoms with Crippen molar-refractivity contribution in [1.82, 2.24) is 14.4 Å². The molecule has 3 rings (SSSR count). The number of carbonyl (C=O) groups excluding carboxylic acids is 1. The van der Waals surface area contributed by atoms with Gasteiger partial charge in [-0.25, -0.2) is 9.97 Å². The van der Waals surface area contributed by atoms with Gasteiger partial charge in [0.15, 0.2) is 5.78 Å². The Hall–Kier alpha value is -2.94. The summed E-state index contributed by atoms with van der Waals surface area (Å²) in [5, 5.41) is 0. The van der Waals surface area contributed by atoms with Crippen molar-refractivity contribution in [2.45, 2.75) is 26.1 Å². The smallest absolute Gasteiger partial charge is 0.433 e. The third-order valence-electron chi connectivity index (χ3n) is 3.95. The third kappa shape index (κ3) is 4.30. The number of halogens is 3. The highest BCUT2D eigenvalue weighted by molar-refractivity contribution is 5.96. The van der Waals surface area contributed by atoms with Crippen LogP contribution in [0.1, 0.15) is 34.4 Å². The van der Waals surface area contributed by atoms with Gasteiger partial charge in [0.05, 0.1) is 18.9 Å². The van der Waals surface area contributed by atoms with Crippen LogP contribution in [0, 0.1) is 0 Å². The van der Waals surface area contributed by atoms with E-state index in [1.807, 2.05) is 0 Å². The molecule has 9 heteroatoms. The molecule has 3 aromatic heterocycles. The zero-order valence-corrected chi connectivity index (χ0v) is 15.3. The van der Waals surface area contributed by atoms with Crippen molar-refractivity contribution in [2.75, 3.05) is 13.7 Å². The summed E-state index contributed by atoms with van der Waals surface area (Å²) >= 11 is 0. The molecule has 0 fully saturated rings. The molecule has 0 aromatic carbocycles. The zero-order chi connectivity index (χ0) is 20.3. The van der Waals surface area contributed by atoms with Crippen LogP contribution in [0.3, 0.4) is 0 Å². The van der Waals surface area contributed by atoms with E-state index >= 15 is 0 Å². The molecule has 0 unspecified atom stereocenters. The lowest BCUT2D eigenvalue weighted by Gasteiger charge is -2.11. The summed E-state index contributed by atoms with van der Waals surface area (Å²) in [6.07, 6.45) is -1.33. The monoisotopic (exact) mass is 393 g/mol. The molecule has 0 aliphatic rings. The topological polar surface area (TPSA) is 65.7 Å². The second-order valence-electron chi connectivity index (χ2n) is 6.03. The van der Waals surface area contributed by atoms with E-state index in [1.165, 1.54) is 12.1 Å². The summed E-state index contributed by atoms with van der Waals surface area (Å²) in [5.41, 5.74) is 0.498. The minimum atomic E-state index is -4.61. The van der Waals surface area contributed by atoms with E-state index < -0.39 is 17.7 Å². The van der Waals surface area contributed by atoms with E-state index in [0.717, 1.165) is 6.07 Å². The largest absolute Gasteiger partial charge is 0.493 e. The number of ketones is 1. The van der Waals surface area contributed by atoms with Gasteiger partial charge in [-0.3, -0.25) is 4.79 Å². The number of carbonyl (C=O) groups is 1. The maximum Gasteiger partial charge on any atom is 0.433 e. The molecule has 148 valence electrons. The molecule has 0 amide bonds. The Labute approximate surface area is 158 Å². The molecular weight excluding hydrogens is 375 g/mol. The van der Waals surface area contributed by atoms with Crippen LogP contribution >= 0.6 is 0 Å². The molecule has 0 atom stereocenters. The first-order valence-corrected chi connectivity index (χ1v) is 8.51. The fourth-order valence-corrected chi connectivity index (χ4v) is 2.76. The minimum Gasteiger partial charge on any atom is -0.493 e. The Kier molecular flexibility index (Phi) is 5.64. The number of fused-ring (bicyclic) bond motifs is 1. The Balaban J connectivity index is 1.93.